The first-order chi connectivity index (χ1) is 17.2. The smallest absolute Gasteiger partial charge is 0.414 e. The minimum atomic E-state index is -1.13. The largest absolute Gasteiger partial charge is 0.481 e. The summed E-state index contributed by atoms with van der Waals surface area (Å²) in [5.41, 5.74) is 3.88. The van der Waals surface area contributed by atoms with Crippen LogP contribution in [0.1, 0.15) is 25.3 Å². The molecule has 3 aromatic rings. The van der Waals surface area contributed by atoms with Crippen LogP contribution in [0, 0.1) is 11.6 Å². The summed E-state index contributed by atoms with van der Waals surface area (Å²) in [6.07, 6.45) is -1.34. The Morgan fingerprint density at radius 3 is 2.58 bits per heavy atom. The van der Waals surface area contributed by atoms with Gasteiger partial charge in [-0.05, 0) is 12.5 Å². The van der Waals surface area contributed by atoms with Gasteiger partial charge in [0, 0.05) is 37.1 Å². The highest BCUT2D eigenvalue weighted by Gasteiger charge is 2.25. The lowest BCUT2D eigenvalue weighted by atomic mass is 10.1. The number of aliphatic carboxylic acids is 1. The molecule has 1 aromatic heterocycles. The number of nitrogens with one attached hydrogen (secondary N) is 2. The zero-order valence-electron chi connectivity index (χ0n) is 19.2. The monoisotopic (exact) mass is 502 g/mol. The first kappa shape index (κ1) is 26.3. The molecule has 0 saturated carbocycles. The highest BCUT2D eigenvalue weighted by molar-refractivity contribution is 5.83. The summed E-state index contributed by atoms with van der Waals surface area (Å²) in [6, 6.07) is 13.3. The van der Waals surface area contributed by atoms with E-state index >= 15 is 0 Å². The van der Waals surface area contributed by atoms with Crippen molar-refractivity contribution in [1.29, 1.82) is 0 Å². The predicted octanol–water partition coefficient (Wildman–Crippen LogP) is 3.96. The number of aromatic nitrogens is 1. The minimum absolute atomic E-state index is 0.0177. The lowest BCUT2D eigenvalue weighted by molar-refractivity contribution is -0.141. The molecule has 0 bridgehead atoms. The highest BCUT2D eigenvalue weighted by Crippen LogP contribution is 2.21. The number of anilines is 1. The van der Waals surface area contributed by atoms with Crippen molar-refractivity contribution >= 4 is 23.9 Å². The van der Waals surface area contributed by atoms with Crippen molar-refractivity contribution in [2.45, 2.75) is 32.4 Å². The van der Waals surface area contributed by atoms with Gasteiger partial charge in [0.15, 0.2) is 11.6 Å². The number of nitrogens with zero attached hydrogens (tertiary/aromatic N) is 2. The van der Waals surface area contributed by atoms with Crippen LogP contribution in [-0.4, -0.2) is 45.9 Å². The second-order valence-electron chi connectivity index (χ2n) is 7.69. The van der Waals surface area contributed by atoms with Crippen molar-refractivity contribution in [2.24, 2.45) is 0 Å². The molecule has 0 saturated heterocycles. The molecule has 0 aliphatic rings. The Morgan fingerprint density at radius 2 is 1.89 bits per heavy atom. The molecule has 1 atom stereocenters. The fraction of sp³-hybridized carbons (Fsp3) is 0.250. The molecule has 12 heteroatoms. The van der Waals surface area contributed by atoms with Crippen LogP contribution in [0.4, 0.5) is 19.5 Å². The predicted molar refractivity (Wildman–Crippen MR) is 123 cm³/mol. The van der Waals surface area contributed by atoms with E-state index in [-0.39, 0.29) is 30.8 Å². The Bertz CT molecular complexity index is 1200. The van der Waals surface area contributed by atoms with Crippen molar-refractivity contribution in [3.05, 3.63) is 71.8 Å². The number of carboxylic acid groups (broad SMARTS) is 1. The summed E-state index contributed by atoms with van der Waals surface area (Å²) in [6.45, 7) is 0.540. The molecule has 2 amide bonds. The lowest BCUT2D eigenvalue weighted by Gasteiger charge is -2.31. The molecule has 3 rings (SSSR count). The number of benzene rings is 2. The summed E-state index contributed by atoms with van der Waals surface area (Å²) in [7, 11) is 0. The Hall–Kier alpha value is -4.32. The molecule has 0 spiro atoms. The van der Waals surface area contributed by atoms with E-state index in [0.717, 1.165) is 16.6 Å². The van der Waals surface area contributed by atoms with Crippen molar-refractivity contribution in [1.82, 2.24) is 15.6 Å². The third kappa shape index (κ3) is 7.34. The number of carboxylic acids is 1. The second-order valence-corrected chi connectivity index (χ2v) is 7.69. The lowest BCUT2D eigenvalue weighted by Crippen LogP contribution is -2.50. The van der Waals surface area contributed by atoms with Gasteiger partial charge in [0.1, 0.15) is 12.3 Å². The molecule has 0 fully saturated rings. The minimum Gasteiger partial charge on any atom is -0.481 e. The van der Waals surface area contributed by atoms with E-state index in [0.29, 0.717) is 5.69 Å². The number of hydrogen-bond donors (Lipinski definition) is 3. The zero-order valence-corrected chi connectivity index (χ0v) is 19.2. The summed E-state index contributed by atoms with van der Waals surface area (Å²) in [5, 5.41) is 16.3. The summed E-state index contributed by atoms with van der Waals surface area (Å²) in [4.78, 5) is 35.6. The van der Waals surface area contributed by atoms with Crippen LogP contribution in [0.25, 0.3) is 11.3 Å². The van der Waals surface area contributed by atoms with E-state index in [1.54, 1.807) is 0 Å². The average molecular weight is 502 g/mol. The van der Waals surface area contributed by atoms with Crippen molar-refractivity contribution in [3.8, 4) is 11.3 Å². The van der Waals surface area contributed by atoms with Crippen molar-refractivity contribution in [3.63, 3.8) is 0 Å². The van der Waals surface area contributed by atoms with E-state index in [4.69, 9.17) is 14.4 Å². The van der Waals surface area contributed by atoms with Gasteiger partial charge in [-0.25, -0.2) is 19.0 Å². The number of carbonyl (C=O) groups excluding carboxylic acids is 2. The third-order valence-electron chi connectivity index (χ3n) is 5.08. The van der Waals surface area contributed by atoms with Crippen molar-refractivity contribution in [2.75, 3.05) is 11.9 Å². The number of carbonyl (C=O) groups is 3. The molecule has 0 unspecified atom stereocenters. The van der Waals surface area contributed by atoms with Gasteiger partial charge in [-0.15, -0.1) is 0 Å². The van der Waals surface area contributed by atoms with E-state index in [1.807, 2.05) is 30.3 Å². The zero-order chi connectivity index (χ0) is 26.1. The molecule has 2 aromatic carbocycles. The van der Waals surface area contributed by atoms with Gasteiger partial charge in [0.25, 0.3) is 0 Å². The molecule has 0 aliphatic heterocycles. The molecule has 0 aliphatic carbocycles. The average Bonchev–Trinajstić information content (AvgIpc) is 3.31. The summed E-state index contributed by atoms with van der Waals surface area (Å²) in [5.74, 6) is -3.78. The number of halogens is 2. The van der Waals surface area contributed by atoms with E-state index < -0.39 is 42.3 Å². The number of amides is 2. The Balaban J connectivity index is 1.63. The van der Waals surface area contributed by atoms with Gasteiger partial charge in [0.2, 0.25) is 11.8 Å². The molecule has 190 valence electrons. The normalized spacial score (nSPS) is 11.5. The maximum Gasteiger partial charge on any atom is 0.414 e. The number of hydrogen-bond acceptors (Lipinski definition) is 7. The first-order valence-corrected chi connectivity index (χ1v) is 10.9. The quantitative estimate of drug-likeness (QED) is 0.336. The SMILES string of the molecule is CC(=O)N(NCc1cccc(F)c1F)[C@@H](CCC(=O)O)COC(=O)Nc1cc(-c2ccccc2)no1. The van der Waals surface area contributed by atoms with Gasteiger partial charge >= 0.3 is 12.1 Å². The van der Waals surface area contributed by atoms with Crippen LogP contribution in [0.3, 0.4) is 0 Å². The fourth-order valence-electron chi connectivity index (χ4n) is 3.32. The molecule has 36 heavy (non-hydrogen) atoms. The van der Waals surface area contributed by atoms with Gasteiger partial charge in [0.05, 0.1) is 6.04 Å². The topological polar surface area (TPSA) is 134 Å². The molecule has 10 nitrogen and oxygen atoms in total. The standard InChI is InChI=1S/C24H24F2N4O6/c1-15(31)30(27-13-17-8-5-9-19(25)23(17)26)18(10-11-22(32)33)14-35-24(34)28-21-12-20(29-36-21)16-6-3-2-4-7-16/h2-9,12,18,27H,10-11,13-14H2,1H3,(H,28,34)(H,32,33)/t18-/m0/s1. The number of rotatable bonds is 11. The van der Waals surface area contributed by atoms with Crippen LogP contribution in [0.2, 0.25) is 0 Å². The number of ether oxygens (including phenoxy) is 1. The highest BCUT2D eigenvalue weighted by atomic mass is 19.2. The third-order valence-corrected chi connectivity index (χ3v) is 5.08. The number of hydrazine groups is 1. The van der Waals surface area contributed by atoms with E-state index in [2.05, 4.69) is 15.9 Å². The second kappa shape index (κ2) is 12.4. The maximum absolute atomic E-state index is 14.0. The molecule has 1 heterocycles. The van der Waals surface area contributed by atoms with Gasteiger partial charge < -0.3 is 14.4 Å². The van der Waals surface area contributed by atoms with E-state index in [9.17, 15) is 23.2 Å². The maximum atomic E-state index is 14.0. The van der Waals surface area contributed by atoms with Crippen LogP contribution in [0.5, 0.6) is 0 Å². The molecular weight excluding hydrogens is 478 g/mol. The Morgan fingerprint density at radius 1 is 1.14 bits per heavy atom. The Labute approximate surface area is 204 Å². The van der Waals surface area contributed by atoms with Gasteiger partial charge in [-0.1, -0.05) is 47.6 Å². The van der Waals surface area contributed by atoms with Gasteiger partial charge in [-0.3, -0.25) is 19.9 Å². The fourth-order valence-corrected chi connectivity index (χ4v) is 3.32. The van der Waals surface area contributed by atoms with Crippen LogP contribution in [-0.2, 0) is 20.9 Å². The van der Waals surface area contributed by atoms with Crippen molar-refractivity contribution < 1.29 is 37.5 Å². The molecule has 0 radical (unpaired) electrons. The van der Waals surface area contributed by atoms with Gasteiger partial charge in [-0.2, -0.15) is 0 Å². The van der Waals surface area contributed by atoms with E-state index in [1.165, 1.54) is 25.1 Å². The summed E-state index contributed by atoms with van der Waals surface area (Å²) >= 11 is 0. The van der Waals surface area contributed by atoms with Crippen LogP contribution < -0.4 is 10.7 Å². The molecule has 3 N–H and O–H groups in total. The summed E-state index contributed by atoms with van der Waals surface area (Å²) < 4.78 is 37.8. The van der Waals surface area contributed by atoms with Crippen LogP contribution in [0.15, 0.2) is 59.1 Å². The molecular formula is C24H24F2N4O6. The Kier molecular flexibility index (Phi) is 9.06. The van der Waals surface area contributed by atoms with Crippen LogP contribution >= 0.6 is 0 Å². The first-order valence-electron chi connectivity index (χ1n) is 10.9.